The van der Waals surface area contributed by atoms with Gasteiger partial charge in [0.05, 0.1) is 13.3 Å². The molecule has 0 aromatic heterocycles. The average Bonchev–Trinajstić information content (AvgIpc) is 2.20. The van der Waals surface area contributed by atoms with Crippen LogP contribution in [0, 0.1) is 5.92 Å². The van der Waals surface area contributed by atoms with E-state index < -0.39 is 0 Å². The first-order valence-corrected chi connectivity index (χ1v) is 5.94. The Morgan fingerprint density at radius 2 is 1.86 bits per heavy atom. The number of rotatable bonds is 1. The van der Waals surface area contributed by atoms with Gasteiger partial charge in [0.15, 0.2) is 5.11 Å². The maximum atomic E-state index is 5.04. The zero-order valence-corrected chi connectivity index (χ0v) is 9.57. The quantitative estimate of drug-likeness (QED) is 0.641. The molecule has 1 saturated carbocycles. The molecule has 0 amide bonds. The van der Waals surface area contributed by atoms with Crippen molar-refractivity contribution >= 4 is 17.3 Å². The largest absolute Gasteiger partial charge is 0.350 e. The molecule has 14 heavy (non-hydrogen) atoms. The number of hydrogen-bond donors (Lipinski definition) is 2. The summed E-state index contributed by atoms with van der Waals surface area (Å²) in [6, 6.07) is 0.742. The van der Waals surface area contributed by atoms with Crippen molar-refractivity contribution in [3.05, 3.63) is 0 Å². The fraction of sp³-hybridized carbons (Fsp3) is 0.900. The second-order valence-corrected chi connectivity index (χ2v) is 4.82. The molecule has 4 heteroatoms. The van der Waals surface area contributed by atoms with E-state index in [2.05, 4.69) is 22.5 Å². The van der Waals surface area contributed by atoms with Crippen molar-refractivity contribution in [1.29, 1.82) is 0 Å². The van der Waals surface area contributed by atoms with Gasteiger partial charge in [-0.1, -0.05) is 19.8 Å². The molecule has 0 aromatic carbocycles. The highest BCUT2D eigenvalue weighted by atomic mass is 32.1. The van der Waals surface area contributed by atoms with Crippen LogP contribution >= 0.6 is 12.2 Å². The highest BCUT2D eigenvalue weighted by Gasteiger charge is 2.28. The van der Waals surface area contributed by atoms with Gasteiger partial charge in [0.2, 0.25) is 0 Å². The van der Waals surface area contributed by atoms with Crippen molar-refractivity contribution in [2.24, 2.45) is 5.92 Å². The minimum atomic E-state index is 0.742. The van der Waals surface area contributed by atoms with Crippen molar-refractivity contribution in [3.63, 3.8) is 0 Å². The van der Waals surface area contributed by atoms with Crippen molar-refractivity contribution in [2.45, 2.75) is 38.6 Å². The Labute approximate surface area is 91.2 Å². The van der Waals surface area contributed by atoms with Crippen LogP contribution in [0.5, 0.6) is 0 Å². The minimum absolute atomic E-state index is 0.742. The summed E-state index contributed by atoms with van der Waals surface area (Å²) >= 11 is 5.04. The Balaban J connectivity index is 1.90. The zero-order chi connectivity index (χ0) is 9.97. The molecule has 0 unspecified atom stereocenters. The fourth-order valence-electron chi connectivity index (χ4n) is 2.54. The maximum Gasteiger partial charge on any atom is 0.168 e. The smallest absolute Gasteiger partial charge is 0.168 e. The van der Waals surface area contributed by atoms with Crippen molar-refractivity contribution in [2.75, 3.05) is 13.3 Å². The van der Waals surface area contributed by atoms with E-state index in [4.69, 9.17) is 12.2 Å². The van der Waals surface area contributed by atoms with Gasteiger partial charge in [-0.3, -0.25) is 4.90 Å². The molecule has 2 rings (SSSR count). The summed E-state index contributed by atoms with van der Waals surface area (Å²) in [5.41, 5.74) is 0. The van der Waals surface area contributed by atoms with E-state index in [1.165, 1.54) is 25.7 Å². The van der Waals surface area contributed by atoms with Crippen molar-refractivity contribution in [1.82, 2.24) is 15.5 Å². The molecule has 0 aromatic rings. The highest BCUT2D eigenvalue weighted by Crippen LogP contribution is 2.27. The third kappa shape index (κ3) is 2.17. The normalized spacial score (nSPS) is 34.8. The van der Waals surface area contributed by atoms with Gasteiger partial charge in [-0.2, -0.15) is 0 Å². The topological polar surface area (TPSA) is 27.3 Å². The molecule has 1 aliphatic carbocycles. The molecular formula is C10H19N3S. The third-order valence-corrected chi connectivity index (χ3v) is 3.71. The number of nitrogens with zero attached hydrogens (tertiary/aromatic N) is 1. The Morgan fingerprint density at radius 1 is 1.21 bits per heavy atom. The van der Waals surface area contributed by atoms with Crippen LogP contribution in [0.15, 0.2) is 0 Å². The van der Waals surface area contributed by atoms with Gasteiger partial charge in [-0.15, -0.1) is 0 Å². The van der Waals surface area contributed by atoms with E-state index in [9.17, 15) is 0 Å². The van der Waals surface area contributed by atoms with E-state index in [1.54, 1.807) is 0 Å². The second kappa shape index (κ2) is 4.45. The molecule has 0 radical (unpaired) electrons. The van der Waals surface area contributed by atoms with Crippen LogP contribution in [0.1, 0.15) is 32.6 Å². The van der Waals surface area contributed by atoms with Crippen molar-refractivity contribution < 1.29 is 0 Å². The first-order valence-electron chi connectivity index (χ1n) is 5.53. The SMILES string of the molecule is C[C@H]1CCCC[C@@H]1N1CNC(=S)NC1. The van der Waals surface area contributed by atoms with E-state index >= 15 is 0 Å². The predicted octanol–water partition coefficient (Wildman–Crippen LogP) is 1.26. The van der Waals surface area contributed by atoms with Crippen LogP contribution in [0.2, 0.25) is 0 Å². The number of nitrogens with one attached hydrogen (secondary N) is 2. The minimum Gasteiger partial charge on any atom is -0.350 e. The highest BCUT2D eigenvalue weighted by molar-refractivity contribution is 7.80. The molecular weight excluding hydrogens is 194 g/mol. The molecule has 2 fully saturated rings. The van der Waals surface area contributed by atoms with Crippen LogP contribution in [-0.4, -0.2) is 29.4 Å². The maximum absolute atomic E-state index is 5.04. The van der Waals surface area contributed by atoms with Gasteiger partial charge in [0.25, 0.3) is 0 Å². The van der Waals surface area contributed by atoms with Crippen molar-refractivity contribution in [3.8, 4) is 0 Å². The van der Waals surface area contributed by atoms with E-state index in [1.807, 2.05) is 0 Å². The average molecular weight is 213 g/mol. The summed E-state index contributed by atoms with van der Waals surface area (Å²) in [6.07, 6.45) is 5.52. The summed E-state index contributed by atoms with van der Waals surface area (Å²) in [7, 11) is 0. The van der Waals surface area contributed by atoms with Crippen LogP contribution in [0.3, 0.4) is 0 Å². The van der Waals surface area contributed by atoms with E-state index in [-0.39, 0.29) is 0 Å². The van der Waals surface area contributed by atoms with Gasteiger partial charge in [-0.25, -0.2) is 0 Å². The summed E-state index contributed by atoms with van der Waals surface area (Å²) in [6.45, 7) is 4.21. The van der Waals surface area contributed by atoms with Crippen LogP contribution < -0.4 is 10.6 Å². The molecule has 2 atom stereocenters. The van der Waals surface area contributed by atoms with Gasteiger partial charge < -0.3 is 10.6 Å². The Bertz CT molecular complexity index is 209. The molecule has 1 aliphatic heterocycles. The second-order valence-electron chi connectivity index (χ2n) is 4.42. The Morgan fingerprint density at radius 3 is 2.50 bits per heavy atom. The van der Waals surface area contributed by atoms with Crippen LogP contribution in [0.25, 0.3) is 0 Å². The Hall–Kier alpha value is -0.350. The summed E-state index contributed by atoms with van der Waals surface area (Å²) < 4.78 is 0. The first-order chi connectivity index (χ1) is 6.77. The summed E-state index contributed by atoms with van der Waals surface area (Å²) in [4.78, 5) is 2.47. The van der Waals surface area contributed by atoms with Crippen LogP contribution in [0.4, 0.5) is 0 Å². The zero-order valence-electron chi connectivity index (χ0n) is 8.75. The monoisotopic (exact) mass is 213 g/mol. The molecule has 0 bridgehead atoms. The van der Waals surface area contributed by atoms with E-state index in [0.717, 1.165) is 30.4 Å². The van der Waals surface area contributed by atoms with Gasteiger partial charge in [-0.05, 0) is 31.0 Å². The standard InChI is InChI=1S/C10H19N3S/c1-8-4-2-3-5-9(8)13-6-11-10(14)12-7-13/h8-9H,2-7H2,1H3,(H2,11,12,14)/t8-,9-/m0/s1. The summed E-state index contributed by atoms with van der Waals surface area (Å²) in [5, 5.41) is 7.19. The lowest BCUT2D eigenvalue weighted by Crippen LogP contribution is -2.58. The lowest BCUT2D eigenvalue weighted by atomic mass is 9.85. The lowest BCUT2D eigenvalue weighted by Gasteiger charge is -2.41. The molecule has 80 valence electrons. The molecule has 1 saturated heterocycles. The summed E-state index contributed by atoms with van der Waals surface area (Å²) in [5.74, 6) is 0.832. The molecule has 0 spiro atoms. The van der Waals surface area contributed by atoms with Crippen LogP contribution in [-0.2, 0) is 0 Å². The lowest BCUT2D eigenvalue weighted by molar-refractivity contribution is 0.0973. The fourth-order valence-corrected chi connectivity index (χ4v) is 2.67. The van der Waals surface area contributed by atoms with Gasteiger partial charge in [0, 0.05) is 6.04 Å². The third-order valence-electron chi connectivity index (χ3n) is 3.42. The molecule has 1 heterocycles. The molecule has 2 aliphatic rings. The van der Waals surface area contributed by atoms with Gasteiger partial charge >= 0.3 is 0 Å². The number of hydrogen-bond acceptors (Lipinski definition) is 2. The van der Waals surface area contributed by atoms with Gasteiger partial charge in [0.1, 0.15) is 0 Å². The number of thiocarbonyl (C=S) groups is 1. The molecule has 2 N–H and O–H groups in total. The Kier molecular flexibility index (Phi) is 3.23. The van der Waals surface area contributed by atoms with E-state index in [0.29, 0.717) is 0 Å². The first kappa shape index (κ1) is 10.2. The predicted molar refractivity (Wildman–Crippen MR) is 61.9 cm³/mol. The molecule has 3 nitrogen and oxygen atoms in total.